The number of pyridine rings is 1. The lowest BCUT2D eigenvalue weighted by atomic mass is 10.1. The average Bonchev–Trinajstić information content (AvgIpc) is 3.43. The number of likely N-dealkylation sites (tertiary alicyclic amines) is 1. The fraction of sp³-hybridized carbons (Fsp3) is 0.438. The molecule has 0 radical (unpaired) electrons. The predicted octanol–water partition coefficient (Wildman–Crippen LogP) is 8.30. The van der Waals surface area contributed by atoms with Crippen LogP contribution in [0.3, 0.4) is 0 Å². The molecular weight excluding hydrogens is 538 g/mol. The van der Waals surface area contributed by atoms with Gasteiger partial charge in [0.05, 0.1) is 33.5 Å². The van der Waals surface area contributed by atoms with Gasteiger partial charge < -0.3 is 15.7 Å². The molecule has 0 aliphatic carbocycles. The van der Waals surface area contributed by atoms with E-state index in [1.54, 1.807) is 18.0 Å². The molecule has 1 aromatic heterocycles. The zero-order valence-corrected chi connectivity index (χ0v) is 25.9. The normalized spacial score (nSPS) is 17.0. The Bertz CT molecular complexity index is 1280. The summed E-state index contributed by atoms with van der Waals surface area (Å²) >= 11 is 7.85. The number of aliphatic hydroxyl groups is 1. The van der Waals surface area contributed by atoms with Gasteiger partial charge in [0.2, 0.25) is 0 Å². The summed E-state index contributed by atoms with van der Waals surface area (Å²) in [6, 6.07) is 11.1. The molecule has 0 unspecified atom stereocenters. The lowest BCUT2D eigenvalue weighted by molar-refractivity contribution is 0.153. The molecule has 1 aromatic carbocycles. The minimum absolute atomic E-state index is 0.221. The van der Waals surface area contributed by atoms with E-state index < -0.39 is 0 Å². The Kier molecular flexibility index (Phi) is 12.6. The van der Waals surface area contributed by atoms with Crippen LogP contribution in [0, 0.1) is 18.3 Å². The van der Waals surface area contributed by atoms with Gasteiger partial charge in [0.1, 0.15) is 6.07 Å². The minimum Gasteiger partial charge on any atom is -0.395 e. The number of nitrogens with zero attached hydrogens (tertiary/aromatic N) is 3. The fourth-order valence-corrected chi connectivity index (χ4v) is 5.79. The number of aliphatic hydroxyl groups excluding tert-OH is 1. The number of aromatic nitrogens is 1. The van der Waals surface area contributed by atoms with Gasteiger partial charge in [-0.1, -0.05) is 61.5 Å². The third-order valence-corrected chi connectivity index (χ3v) is 9.02. The summed E-state index contributed by atoms with van der Waals surface area (Å²) in [6.07, 6.45) is 10.1. The Morgan fingerprint density at radius 2 is 2.00 bits per heavy atom. The molecule has 0 saturated carbocycles. The molecule has 1 atom stereocenters. The highest BCUT2D eigenvalue weighted by Gasteiger charge is 2.23. The lowest BCUT2D eigenvalue weighted by Gasteiger charge is -2.23. The molecule has 2 aromatic rings. The van der Waals surface area contributed by atoms with Crippen LogP contribution < -0.4 is 10.6 Å². The van der Waals surface area contributed by atoms with Gasteiger partial charge in [-0.15, -0.1) is 0 Å². The Morgan fingerprint density at radius 3 is 2.62 bits per heavy atom. The molecule has 2 heterocycles. The van der Waals surface area contributed by atoms with Gasteiger partial charge in [-0.3, -0.25) is 9.88 Å². The SMILES string of the molecule is C/C=C(/Cl)C/C=C(\CC)Nc1c(C#N)cnc(C)c1SC(Nc1ccc(CN2CCC[C@H]2CO)cc1)=C(C)CC. The molecule has 214 valence electrons. The van der Waals surface area contributed by atoms with E-state index in [0.29, 0.717) is 12.0 Å². The van der Waals surface area contributed by atoms with Crippen molar-refractivity contribution in [2.24, 2.45) is 0 Å². The summed E-state index contributed by atoms with van der Waals surface area (Å²) in [5, 5.41) is 28.6. The molecule has 40 heavy (non-hydrogen) atoms. The van der Waals surface area contributed by atoms with Crippen LogP contribution in [-0.4, -0.2) is 34.2 Å². The highest BCUT2D eigenvalue weighted by atomic mass is 35.5. The molecular formula is C32H42ClN5OS. The summed E-state index contributed by atoms with van der Waals surface area (Å²) in [5.41, 5.74) is 6.60. The van der Waals surface area contributed by atoms with Crippen molar-refractivity contribution in [2.45, 2.75) is 84.2 Å². The van der Waals surface area contributed by atoms with Crippen LogP contribution in [0.25, 0.3) is 0 Å². The van der Waals surface area contributed by atoms with Crippen molar-refractivity contribution in [3.63, 3.8) is 0 Å². The number of anilines is 2. The molecule has 0 bridgehead atoms. The van der Waals surface area contributed by atoms with Crippen LogP contribution in [0.15, 0.2) is 68.8 Å². The van der Waals surface area contributed by atoms with Crippen LogP contribution in [0.2, 0.25) is 0 Å². The number of nitriles is 1. The Labute approximate surface area is 249 Å². The first-order valence-electron chi connectivity index (χ1n) is 14.1. The van der Waals surface area contributed by atoms with Crippen LogP contribution in [0.5, 0.6) is 0 Å². The Hall–Kier alpha value is -2.76. The van der Waals surface area contributed by atoms with Gasteiger partial charge in [-0.05, 0) is 76.3 Å². The average molecular weight is 580 g/mol. The zero-order chi connectivity index (χ0) is 29.1. The predicted molar refractivity (Wildman–Crippen MR) is 169 cm³/mol. The second-order valence-electron chi connectivity index (χ2n) is 10.1. The van der Waals surface area contributed by atoms with Crippen LogP contribution >= 0.6 is 23.4 Å². The molecule has 1 aliphatic rings. The van der Waals surface area contributed by atoms with Crippen molar-refractivity contribution in [1.82, 2.24) is 9.88 Å². The molecule has 0 spiro atoms. The van der Waals surface area contributed by atoms with E-state index in [1.165, 1.54) is 11.1 Å². The maximum absolute atomic E-state index is 9.93. The number of thioether (sulfide) groups is 1. The molecule has 0 amide bonds. The molecule has 8 heteroatoms. The number of nitrogens with one attached hydrogen (secondary N) is 2. The maximum Gasteiger partial charge on any atom is 0.103 e. The molecule has 1 fully saturated rings. The molecule has 3 rings (SSSR count). The zero-order valence-electron chi connectivity index (χ0n) is 24.4. The van der Waals surface area contributed by atoms with Gasteiger partial charge in [0.25, 0.3) is 0 Å². The lowest BCUT2D eigenvalue weighted by Crippen LogP contribution is -2.31. The molecule has 1 saturated heterocycles. The largest absolute Gasteiger partial charge is 0.395 e. The van der Waals surface area contributed by atoms with Crippen LogP contribution in [-0.2, 0) is 6.54 Å². The summed E-state index contributed by atoms with van der Waals surface area (Å²) in [7, 11) is 0. The van der Waals surface area contributed by atoms with Crippen LogP contribution in [0.1, 0.15) is 76.6 Å². The monoisotopic (exact) mass is 579 g/mol. The van der Waals surface area contributed by atoms with Crippen molar-refractivity contribution in [2.75, 3.05) is 23.8 Å². The highest BCUT2D eigenvalue weighted by Crippen LogP contribution is 2.39. The molecule has 1 aliphatic heterocycles. The number of hydrogen-bond donors (Lipinski definition) is 3. The first-order valence-corrected chi connectivity index (χ1v) is 15.3. The molecule has 3 N–H and O–H groups in total. The van der Waals surface area contributed by atoms with Crippen molar-refractivity contribution >= 4 is 34.7 Å². The van der Waals surface area contributed by atoms with Gasteiger partial charge >= 0.3 is 0 Å². The first kappa shape index (κ1) is 31.8. The van der Waals surface area contributed by atoms with E-state index in [-0.39, 0.29) is 12.6 Å². The van der Waals surface area contributed by atoms with E-state index in [9.17, 15) is 10.4 Å². The number of aryl methyl sites for hydroxylation is 1. The molecule has 6 nitrogen and oxygen atoms in total. The van der Waals surface area contributed by atoms with Crippen molar-refractivity contribution in [3.05, 3.63) is 80.8 Å². The number of hydrogen-bond acceptors (Lipinski definition) is 7. The van der Waals surface area contributed by atoms with Crippen molar-refractivity contribution in [1.29, 1.82) is 5.26 Å². The van der Waals surface area contributed by atoms with Gasteiger partial charge in [0, 0.05) is 41.6 Å². The Balaban J connectivity index is 1.86. The maximum atomic E-state index is 9.93. The van der Waals surface area contributed by atoms with Crippen LogP contribution in [0.4, 0.5) is 11.4 Å². The van der Waals surface area contributed by atoms with E-state index in [0.717, 1.165) is 76.5 Å². The number of halogens is 1. The number of rotatable bonds is 13. The number of benzene rings is 1. The second kappa shape index (κ2) is 15.9. The summed E-state index contributed by atoms with van der Waals surface area (Å²) < 4.78 is 0. The topological polar surface area (TPSA) is 84.2 Å². The Morgan fingerprint density at radius 1 is 1.25 bits per heavy atom. The van der Waals surface area contributed by atoms with E-state index in [4.69, 9.17) is 11.6 Å². The van der Waals surface area contributed by atoms with Crippen molar-refractivity contribution < 1.29 is 5.11 Å². The second-order valence-corrected chi connectivity index (χ2v) is 11.6. The summed E-state index contributed by atoms with van der Waals surface area (Å²) in [5.74, 6) is 0. The quantitative estimate of drug-likeness (QED) is 0.206. The van der Waals surface area contributed by atoms with Gasteiger partial charge in [0.15, 0.2) is 0 Å². The van der Waals surface area contributed by atoms with E-state index in [1.807, 2.05) is 19.9 Å². The standard InChI is InChI=1S/C32H42ClN5OS/c1-6-22(4)32(37-28-14-11-24(12-15-28)20-38-17-9-10-29(38)21-39)40-31-23(5)35-19-25(18-34)30(31)36-27(8-3)16-13-26(33)7-2/h7,11-12,14-16,19,29,37,39H,6,8-10,13,17,20-21H2,1-5H3,(H,35,36)/b26-7+,27-16+,32-22?/t29-/m0/s1. The minimum atomic E-state index is 0.221. The third kappa shape index (κ3) is 8.62. The third-order valence-electron chi connectivity index (χ3n) is 7.29. The summed E-state index contributed by atoms with van der Waals surface area (Å²) in [6.45, 7) is 12.4. The smallest absolute Gasteiger partial charge is 0.103 e. The first-order chi connectivity index (χ1) is 19.3. The van der Waals surface area contributed by atoms with E-state index in [2.05, 4.69) is 77.7 Å². The van der Waals surface area contributed by atoms with Crippen molar-refractivity contribution in [3.8, 4) is 6.07 Å². The van der Waals surface area contributed by atoms with E-state index >= 15 is 0 Å². The van der Waals surface area contributed by atoms with Gasteiger partial charge in [-0.2, -0.15) is 5.26 Å². The van der Waals surface area contributed by atoms with Gasteiger partial charge in [-0.25, -0.2) is 0 Å². The highest BCUT2D eigenvalue weighted by molar-refractivity contribution is 8.03. The number of allylic oxidation sites excluding steroid dienone is 5. The fourth-order valence-electron chi connectivity index (χ4n) is 4.56. The summed E-state index contributed by atoms with van der Waals surface area (Å²) in [4.78, 5) is 7.83.